The number of furan rings is 1. The van der Waals surface area contributed by atoms with E-state index < -0.39 is 0 Å². The zero-order valence-corrected chi connectivity index (χ0v) is 8.99. The van der Waals surface area contributed by atoms with Crippen LogP contribution in [0.5, 0.6) is 5.75 Å². The van der Waals surface area contributed by atoms with Crippen LogP contribution in [0.1, 0.15) is 16.9 Å². The maximum Gasteiger partial charge on any atom is 0.122 e. The number of para-hydroxylation sites is 1. The highest BCUT2D eigenvalue weighted by atomic mass is 16.5. The van der Waals surface area contributed by atoms with E-state index in [-0.39, 0.29) is 0 Å². The van der Waals surface area contributed by atoms with Crippen LogP contribution in [0.25, 0.3) is 0 Å². The first-order valence-electron chi connectivity index (χ1n) is 4.95. The molecule has 0 bridgehead atoms. The van der Waals surface area contributed by atoms with Crippen molar-refractivity contribution in [2.24, 2.45) is 0 Å². The Hall–Kier alpha value is -1.70. The molecule has 0 aliphatic carbocycles. The van der Waals surface area contributed by atoms with Crippen LogP contribution in [0.2, 0.25) is 0 Å². The van der Waals surface area contributed by atoms with Gasteiger partial charge < -0.3 is 9.15 Å². The standard InChI is InChI=1S/C13H14O2/c1-10-7-11(9-15-10)8-12-5-3-4-6-13(12)14-2/h3-7,9H,8H2,1-2H3. The number of hydrogen-bond donors (Lipinski definition) is 0. The lowest BCUT2D eigenvalue weighted by Crippen LogP contribution is -1.91. The van der Waals surface area contributed by atoms with Gasteiger partial charge in [-0.2, -0.15) is 0 Å². The summed E-state index contributed by atoms with van der Waals surface area (Å²) in [5.74, 6) is 1.87. The van der Waals surface area contributed by atoms with Gasteiger partial charge in [-0.1, -0.05) is 18.2 Å². The van der Waals surface area contributed by atoms with Crippen molar-refractivity contribution in [3.63, 3.8) is 0 Å². The summed E-state index contributed by atoms with van der Waals surface area (Å²) in [5.41, 5.74) is 2.36. The van der Waals surface area contributed by atoms with Gasteiger partial charge in [0.2, 0.25) is 0 Å². The Balaban J connectivity index is 2.23. The van der Waals surface area contributed by atoms with Crippen LogP contribution in [0.3, 0.4) is 0 Å². The number of methoxy groups -OCH3 is 1. The van der Waals surface area contributed by atoms with Gasteiger partial charge in [0, 0.05) is 6.42 Å². The van der Waals surface area contributed by atoms with Crippen LogP contribution in [0.15, 0.2) is 41.0 Å². The summed E-state index contributed by atoms with van der Waals surface area (Å²) >= 11 is 0. The molecule has 0 unspecified atom stereocenters. The molecule has 0 saturated heterocycles. The van der Waals surface area contributed by atoms with Crippen molar-refractivity contribution < 1.29 is 9.15 Å². The fourth-order valence-electron chi connectivity index (χ4n) is 1.66. The summed E-state index contributed by atoms with van der Waals surface area (Å²) in [6.07, 6.45) is 2.64. The zero-order valence-electron chi connectivity index (χ0n) is 8.99. The molecular formula is C13H14O2. The van der Waals surface area contributed by atoms with Gasteiger partial charge in [0.15, 0.2) is 0 Å². The lowest BCUT2D eigenvalue weighted by molar-refractivity contribution is 0.410. The molecule has 0 aliphatic heterocycles. The van der Waals surface area contributed by atoms with Crippen LogP contribution < -0.4 is 4.74 Å². The minimum atomic E-state index is 0.849. The number of ether oxygens (including phenoxy) is 1. The number of benzene rings is 1. The quantitative estimate of drug-likeness (QED) is 0.762. The molecule has 0 aliphatic rings. The molecule has 2 heteroatoms. The molecule has 2 rings (SSSR count). The smallest absolute Gasteiger partial charge is 0.122 e. The van der Waals surface area contributed by atoms with Crippen molar-refractivity contribution in [3.05, 3.63) is 53.5 Å². The molecule has 15 heavy (non-hydrogen) atoms. The van der Waals surface area contributed by atoms with E-state index in [1.165, 1.54) is 11.1 Å². The van der Waals surface area contributed by atoms with E-state index in [9.17, 15) is 0 Å². The second-order valence-corrected chi connectivity index (χ2v) is 3.55. The van der Waals surface area contributed by atoms with Crippen LogP contribution >= 0.6 is 0 Å². The summed E-state index contributed by atoms with van der Waals surface area (Å²) in [5, 5.41) is 0. The molecule has 1 aromatic carbocycles. The highest BCUT2D eigenvalue weighted by Gasteiger charge is 2.04. The van der Waals surface area contributed by atoms with E-state index in [0.29, 0.717) is 0 Å². The van der Waals surface area contributed by atoms with Gasteiger partial charge >= 0.3 is 0 Å². The monoisotopic (exact) mass is 202 g/mol. The predicted octanol–water partition coefficient (Wildman–Crippen LogP) is 3.19. The summed E-state index contributed by atoms with van der Waals surface area (Å²) < 4.78 is 10.6. The third-order valence-electron chi connectivity index (χ3n) is 2.37. The SMILES string of the molecule is COc1ccccc1Cc1coc(C)c1. The van der Waals surface area contributed by atoms with E-state index in [1.807, 2.05) is 31.2 Å². The minimum Gasteiger partial charge on any atom is -0.496 e. The van der Waals surface area contributed by atoms with Gasteiger partial charge in [-0.25, -0.2) is 0 Å². The molecule has 0 N–H and O–H groups in total. The first-order valence-corrected chi connectivity index (χ1v) is 4.95. The molecule has 78 valence electrons. The molecule has 1 aromatic heterocycles. The second kappa shape index (κ2) is 4.22. The fourth-order valence-corrected chi connectivity index (χ4v) is 1.66. The van der Waals surface area contributed by atoms with E-state index in [4.69, 9.17) is 9.15 Å². The molecule has 1 heterocycles. The third-order valence-corrected chi connectivity index (χ3v) is 2.37. The largest absolute Gasteiger partial charge is 0.496 e. The predicted molar refractivity (Wildman–Crippen MR) is 59.2 cm³/mol. The molecule has 0 radical (unpaired) electrons. The van der Waals surface area contributed by atoms with Crippen molar-refractivity contribution in [1.82, 2.24) is 0 Å². The van der Waals surface area contributed by atoms with Gasteiger partial charge in [-0.15, -0.1) is 0 Å². The first kappa shape index (κ1) is 9.84. The molecular weight excluding hydrogens is 188 g/mol. The zero-order chi connectivity index (χ0) is 10.7. The van der Waals surface area contributed by atoms with Crippen molar-refractivity contribution in [1.29, 1.82) is 0 Å². The Morgan fingerprint density at radius 1 is 1.27 bits per heavy atom. The van der Waals surface area contributed by atoms with E-state index in [2.05, 4.69) is 6.07 Å². The number of hydrogen-bond acceptors (Lipinski definition) is 2. The Labute approximate surface area is 89.5 Å². The van der Waals surface area contributed by atoms with Crippen molar-refractivity contribution in [2.75, 3.05) is 7.11 Å². The Morgan fingerprint density at radius 2 is 2.07 bits per heavy atom. The van der Waals surface area contributed by atoms with E-state index in [0.717, 1.165) is 17.9 Å². The molecule has 2 nitrogen and oxygen atoms in total. The number of aryl methyl sites for hydroxylation is 1. The Kier molecular flexibility index (Phi) is 2.77. The highest BCUT2D eigenvalue weighted by Crippen LogP contribution is 2.21. The summed E-state index contributed by atoms with van der Waals surface area (Å²) in [4.78, 5) is 0. The lowest BCUT2D eigenvalue weighted by Gasteiger charge is -2.06. The molecule has 0 saturated carbocycles. The normalized spacial score (nSPS) is 10.3. The van der Waals surface area contributed by atoms with Gasteiger partial charge in [0.25, 0.3) is 0 Å². The summed E-state index contributed by atoms with van der Waals surface area (Å²) in [6, 6.07) is 10.1. The summed E-state index contributed by atoms with van der Waals surface area (Å²) in [7, 11) is 1.69. The average molecular weight is 202 g/mol. The third kappa shape index (κ3) is 2.21. The topological polar surface area (TPSA) is 22.4 Å². The lowest BCUT2D eigenvalue weighted by atomic mass is 10.1. The molecule has 0 atom stereocenters. The van der Waals surface area contributed by atoms with Crippen LogP contribution in [0, 0.1) is 6.92 Å². The second-order valence-electron chi connectivity index (χ2n) is 3.55. The van der Waals surface area contributed by atoms with Crippen molar-refractivity contribution >= 4 is 0 Å². The maximum absolute atomic E-state index is 5.29. The number of rotatable bonds is 3. The molecule has 0 amide bonds. The van der Waals surface area contributed by atoms with Crippen LogP contribution in [-0.4, -0.2) is 7.11 Å². The molecule has 2 aromatic rings. The first-order chi connectivity index (χ1) is 7.29. The maximum atomic E-state index is 5.29. The molecule has 0 spiro atoms. The Bertz CT molecular complexity index is 443. The fraction of sp³-hybridized carbons (Fsp3) is 0.231. The van der Waals surface area contributed by atoms with Gasteiger partial charge in [0.1, 0.15) is 11.5 Å². The molecule has 0 fully saturated rings. The minimum absolute atomic E-state index is 0.849. The van der Waals surface area contributed by atoms with Crippen molar-refractivity contribution in [2.45, 2.75) is 13.3 Å². The highest BCUT2D eigenvalue weighted by molar-refractivity contribution is 5.37. The summed E-state index contributed by atoms with van der Waals surface area (Å²) in [6.45, 7) is 1.95. The van der Waals surface area contributed by atoms with Crippen LogP contribution in [-0.2, 0) is 6.42 Å². The van der Waals surface area contributed by atoms with Crippen LogP contribution in [0.4, 0.5) is 0 Å². The van der Waals surface area contributed by atoms with E-state index in [1.54, 1.807) is 13.4 Å². The van der Waals surface area contributed by atoms with Gasteiger partial charge in [-0.05, 0) is 30.2 Å². The van der Waals surface area contributed by atoms with Gasteiger partial charge in [-0.3, -0.25) is 0 Å². The van der Waals surface area contributed by atoms with Gasteiger partial charge in [0.05, 0.1) is 13.4 Å². The van der Waals surface area contributed by atoms with E-state index >= 15 is 0 Å². The average Bonchev–Trinajstić information content (AvgIpc) is 2.65. The Morgan fingerprint density at radius 3 is 2.73 bits per heavy atom. The van der Waals surface area contributed by atoms with Crippen molar-refractivity contribution in [3.8, 4) is 5.75 Å².